The minimum Gasteiger partial charge on any atom is -0.445 e. The number of aryl methyl sites for hydroxylation is 1. The van der Waals surface area contributed by atoms with Crippen LogP contribution in [0.5, 0.6) is 0 Å². The van der Waals surface area contributed by atoms with Gasteiger partial charge in [0, 0.05) is 6.54 Å². The van der Waals surface area contributed by atoms with Crippen molar-refractivity contribution in [3.05, 3.63) is 53.7 Å². The number of oxazole rings is 1. The van der Waals surface area contributed by atoms with Crippen molar-refractivity contribution in [2.24, 2.45) is 0 Å². The van der Waals surface area contributed by atoms with Crippen molar-refractivity contribution in [2.45, 2.75) is 19.4 Å². The summed E-state index contributed by atoms with van der Waals surface area (Å²) in [7, 11) is 0. The maximum atomic E-state index is 9.15. The molecule has 0 radical (unpaired) electrons. The van der Waals surface area contributed by atoms with E-state index < -0.39 is 0 Å². The van der Waals surface area contributed by atoms with E-state index in [1.165, 1.54) is 0 Å². The fourth-order valence-electron chi connectivity index (χ4n) is 1.73. The lowest BCUT2D eigenvalue weighted by molar-refractivity contribution is 0.448. The molecule has 4 nitrogen and oxygen atoms in total. The molecule has 1 heterocycles. The second-order valence-electron chi connectivity index (χ2n) is 4.09. The van der Waals surface area contributed by atoms with E-state index in [-0.39, 0.29) is 5.92 Å². The van der Waals surface area contributed by atoms with Crippen molar-refractivity contribution in [3.8, 4) is 6.07 Å². The average Bonchev–Trinajstić information content (AvgIpc) is 2.81. The van der Waals surface area contributed by atoms with Gasteiger partial charge in [-0.1, -0.05) is 30.3 Å². The minimum atomic E-state index is -0.151. The Bertz CT molecular complexity index is 527. The zero-order valence-electron chi connectivity index (χ0n) is 10.3. The molecule has 0 fully saturated rings. The first-order valence-corrected chi connectivity index (χ1v) is 5.86. The van der Waals surface area contributed by atoms with Gasteiger partial charge in [-0.15, -0.1) is 0 Å². The summed E-state index contributed by atoms with van der Waals surface area (Å²) in [5.41, 5.74) is 1.02. The third kappa shape index (κ3) is 3.19. The number of nitriles is 1. The third-order valence-electron chi connectivity index (χ3n) is 2.65. The van der Waals surface area contributed by atoms with E-state index in [1.807, 2.05) is 37.3 Å². The first kappa shape index (κ1) is 12.3. The molecule has 4 heteroatoms. The molecule has 2 aromatic rings. The Balaban J connectivity index is 1.87. The molecule has 92 valence electrons. The molecule has 1 aromatic heterocycles. The Kier molecular flexibility index (Phi) is 4.11. The number of rotatable bonds is 5. The summed E-state index contributed by atoms with van der Waals surface area (Å²) in [6.07, 6.45) is 1.69. The fraction of sp³-hybridized carbons (Fsp3) is 0.286. The normalized spacial score (nSPS) is 12.0. The summed E-state index contributed by atoms with van der Waals surface area (Å²) in [5, 5.41) is 12.3. The number of hydrogen-bond acceptors (Lipinski definition) is 4. The van der Waals surface area contributed by atoms with Crippen molar-refractivity contribution >= 4 is 0 Å². The lowest BCUT2D eigenvalue weighted by Crippen LogP contribution is -2.20. The van der Waals surface area contributed by atoms with E-state index in [0.717, 1.165) is 11.3 Å². The zero-order chi connectivity index (χ0) is 12.8. The van der Waals surface area contributed by atoms with E-state index in [1.54, 1.807) is 6.20 Å². The lowest BCUT2D eigenvalue weighted by atomic mass is 10.0. The number of hydrogen-bond donors (Lipinski definition) is 1. The molecule has 0 bridgehead atoms. The van der Waals surface area contributed by atoms with Gasteiger partial charge in [0.2, 0.25) is 5.89 Å². The summed E-state index contributed by atoms with van der Waals surface area (Å²) in [6.45, 7) is 2.99. The van der Waals surface area contributed by atoms with Crippen LogP contribution in [0.1, 0.15) is 23.1 Å². The molecule has 1 atom stereocenters. The second-order valence-corrected chi connectivity index (χ2v) is 4.09. The van der Waals surface area contributed by atoms with Crippen LogP contribution in [0.4, 0.5) is 0 Å². The van der Waals surface area contributed by atoms with Gasteiger partial charge >= 0.3 is 0 Å². The van der Waals surface area contributed by atoms with E-state index in [4.69, 9.17) is 9.68 Å². The minimum absolute atomic E-state index is 0.151. The molecule has 18 heavy (non-hydrogen) atoms. The number of nitrogens with one attached hydrogen (secondary N) is 1. The molecule has 1 aromatic carbocycles. The molecule has 0 saturated heterocycles. The topological polar surface area (TPSA) is 61.9 Å². The Morgan fingerprint density at radius 2 is 2.17 bits per heavy atom. The molecule has 0 aliphatic carbocycles. The molecule has 0 aliphatic rings. The fourth-order valence-corrected chi connectivity index (χ4v) is 1.73. The molecule has 0 spiro atoms. The van der Waals surface area contributed by atoms with Crippen molar-refractivity contribution in [1.29, 1.82) is 5.26 Å². The van der Waals surface area contributed by atoms with Crippen LogP contribution in [0.2, 0.25) is 0 Å². The number of nitrogens with zero attached hydrogens (tertiary/aromatic N) is 2. The highest BCUT2D eigenvalue weighted by Gasteiger charge is 2.10. The van der Waals surface area contributed by atoms with Gasteiger partial charge in [-0.25, -0.2) is 4.98 Å². The summed E-state index contributed by atoms with van der Waals surface area (Å²) in [4.78, 5) is 4.10. The quantitative estimate of drug-likeness (QED) is 0.873. The monoisotopic (exact) mass is 241 g/mol. The average molecular weight is 241 g/mol. The predicted octanol–water partition coefficient (Wildman–Crippen LogP) is 2.38. The maximum Gasteiger partial charge on any atom is 0.208 e. The first-order valence-electron chi connectivity index (χ1n) is 5.86. The van der Waals surface area contributed by atoms with Gasteiger partial charge in [-0.3, -0.25) is 0 Å². The molecule has 0 saturated carbocycles. The summed E-state index contributed by atoms with van der Waals surface area (Å²) < 4.78 is 5.35. The van der Waals surface area contributed by atoms with E-state index in [2.05, 4.69) is 16.4 Å². The van der Waals surface area contributed by atoms with Crippen molar-refractivity contribution in [2.75, 3.05) is 6.54 Å². The van der Waals surface area contributed by atoms with Crippen LogP contribution < -0.4 is 5.32 Å². The smallest absolute Gasteiger partial charge is 0.208 e. The number of benzene rings is 1. The Morgan fingerprint density at radius 3 is 2.78 bits per heavy atom. The maximum absolute atomic E-state index is 9.15. The van der Waals surface area contributed by atoms with E-state index in [0.29, 0.717) is 19.0 Å². The highest BCUT2D eigenvalue weighted by molar-refractivity contribution is 5.24. The van der Waals surface area contributed by atoms with Crippen LogP contribution in [0.25, 0.3) is 0 Å². The van der Waals surface area contributed by atoms with Crippen LogP contribution >= 0.6 is 0 Å². The molecule has 2 rings (SSSR count). The van der Waals surface area contributed by atoms with Crippen LogP contribution in [0.15, 0.2) is 40.9 Å². The van der Waals surface area contributed by atoms with Crippen LogP contribution in [-0.2, 0) is 6.54 Å². The first-order chi connectivity index (χ1) is 8.79. The standard InChI is InChI=1S/C14H15N3O/c1-11-8-17-14(18-11)10-16-9-13(7-15)12-5-3-2-4-6-12/h2-6,8,13,16H,9-10H2,1H3. The third-order valence-corrected chi connectivity index (χ3v) is 2.65. The number of aromatic nitrogens is 1. The summed E-state index contributed by atoms with van der Waals surface area (Å²) in [5.74, 6) is 1.30. The second kappa shape index (κ2) is 5.99. The SMILES string of the molecule is Cc1cnc(CNCC(C#N)c2ccccc2)o1. The van der Waals surface area contributed by atoms with Gasteiger partial charge in [0.15, 0.2) is 0 Å². The molecule has 0 aliphatic heterocycles. The molecular formula is C14H15N3O. The highest BCUT2D eigenvalue weighted by atomic mass is 16.4. The Labute approximate surface area is 106 Å². The summed E-state index contributed by atoms with van der Waals surface area (Å²) in [6, 6.07) is 12.1. The van der Waals surface area contributed by atoms with Gasteiger partial charge in [-0.05, 0) is 12.5 Å². The molecule has 1 unspecified atom stereocenters. The largest absolute Gasteiger partial charge is 0.445 e. The molecule has 1 N–H and O–H groups in total. The summed E-state index contributed by atoms with van der Waals surface area (Å²) >= 11 is 0. The van der Waals surface area contributed by atoms with Gasteiger partial charge < -0.3 is 9.73 Å². The van der Waals surface area contributed by atoms with Crippen molar-refractivity contribution < 1.29 is 4.42 Å². The van der Waals surface area contributed by atoms with Crippen LogP contribution in [-0.4, -0.2) is 11.5 Å². The van der Waals surface area contributed by atoms with Gasteiger partial charge in [0.25, 0.3) is 0 Å². The van der Waals surface area contributed by atoms with Crippen LogP contribution in [0, 0.1) is 18.3 Å². The lowest BCUT2D eigenvalue weighted by Gasteiger charge is -2.09. The zero-order valence-corrected chi connectivity index (χ0v) is 10.3. The Hall–Kier alpha value is -2.12. The Morgan fingerprint density at radius 1 is 1.39 bits per heavy atom. The van der Waals surface area contributed by atoms with Crippen LogP contribution in [0.3, 0.4) is 0 Å². The van der Waals surface area contributed by atoms with Gasteiger partial charge in [0.05, 0.1) is 24.7 Å². The van der Waals surface area contributed by atoms with Crippen molar-refractivity contribution in [3.63, 3.8) is 0 Å². The molecule has 0 amide bonds. The van der Waals surface area contributed by atoms with Crippen molar-refractivity contribution in [1.82, 2.24) is 10.3 Å². The highest BCUT2D eigenvalue weighted by Crippen LogP contribution is 2.13. The van der Waals surface area contributed by atoms with E-state index in [9.17, 15) is 0 Å². The van der Waals surface area contributed by atoms with E-state index >= 15 is 0 Å². The molecular weight excluding hydrogens is 226 g/mol. The van der Waals surface area contributed by atoms with Gasteiger partial charge in [0.1, 0.15) is 5.76 Å². The van der Waals surface area contributed by atoms with Gasteiger partial charge in [-0.2, -0.15) is 5.26 Å². The predicted molar refractivity (Wildman–Crippen MR) is 67.7 cm³/mol.